The minimum atomic E-state index is -0.672. The van der Waals surface area contributed by atoms with Crippen LogP contribution < -0.4 is 5.32 Å². The first-order valence-electron chi connectivity index (χ1n) is 10.0. The maximum Gasteiger partial charge on any atom is 0.374 e. The highest BCUT2D eigenvalue weighted by molar-refractivity contribution is 5.93. The standard InChI is InChI=1S/C24H23N3O4/c1-16-20(17(2)27(26-16)14-18-8-4-3-5-9-18)13-25-23(28)15-30-24(29)22-12-19-10-6-7-11-21(19)31-22/h3-12H,13-15H2,1-2H3,(H,25,28). The van der Waals surface area contributed by atoms with Gasteiger partial charge < -0.3 is 14.5 Å². The molecule has 1 N–H and O–H groups in total. The molecule has 0 aliphatic carbocycles. The van der Waals surface area contributed by atoms with Crippen molar-refractivity contribution in [2.24, 2.45) is 0 Å². The van der Waals surface area contributed by atoms with Crippen molar-refractivity contribution in [1.29, 1.82) is 0 Å². The molecule has 2 aromatic heterocycles. The molecule has 0 aliphatic rings. The van der Waals surface area contributed by atoms with Gasteiger partial charge in [-0.1, -0.05) is 48.5 Å². The molecule has 0 unspecified atom stereocenters. The van der Waals surface area contributed by atoms with Gasteiger partial charge in [0.15, 0.2) is 6.61 Å². The summed E-state index contributed by atoms with van der Waals surface area (Å²) in [5.41, 5.74) is 4.54. The summed E-state index contributed by atoms with van der Waals surface area (Å²) in [5, 5.41) is 8.18. The largest absolute Gasteiger partial charge is 0.450 e. The zero-order valence-electron chi connectivity index (χ0n) is 17.4. The molecule has 2 heterocycles. The molecule has 4 aromatic rings. The molecule has 4 rings (SSSR count). The summed E-state index contributed by atoms with van der Waals surface area (Å²) >= 11 is 0. The van der Waals surface area contributed by atoms with Crippen molar-refractivity contribution in [3.63, 3.8) is 0 Å². The molecule has 0 spiro atoms. The van der Waals surface area contributed by atoms with E-state index in [1.54, 1.807) is 12.1 Å². The van der Waals surface area contributed by atoms with Gasteiger partial charge in [-0.2, -0.15) is 5.10 Å². The molecule has 2 aromatic carbocycles. The molecular weight excluding hydrogens is 394 g/mol. The average molecular weight is 417 g/mol. The molecule has 7 nitrogen and oxygen atoms in total. The van der Waals surface area contributed by atoms with Crippen molar-refractivity contribution in [3.8, 4) is 0 Å². The third-order valence-electron chi connectivity index (χ3n) is 5.13. The molecule has 158 valence electrons. The van der Waals surface area contributed by atoms with E-state index in [0.717, 1.165) is 27.9 Å². The highest BCUT2D eigenvalue weighted by atomic mass is 16.5. The van der Waals surface area contributed by atoms with E-state index in [-0.39, 0.29) is 18.3 Å². The van der Waals surface area contributed by atoms with Crippen molar-refractivity contribution in [3.05, 3.63) is 88.9 Å². The average Bonchev–Trinajstić information content (AvgIpc) is 3.32. The van der Waals surface area contributed by atoms with Crippen LogP contribution in [0.5, 0.6) is 0 Å². The van der Waals surface area contributed by atoms with Gasteiger partial charge in [-0.05, 0) is 31.5 Å². The van der Waals surface area contributed by atoms with Crippen LogP contribution in [0, 0.1) is 13.8 Å². The van der Waals surface area contributed by atoms with Gasteiger partial charge in [0.2, 0.25) is 5.76 Å². The Bertz CT molecular complexity index is 1190. The summed E-state index contributed by atoms with van der Waals surface area (Å²) in [6, 6.07) is 18.9. The number of hydrogen-bond donors (Lipinski definition) is 1. The minimum Gasteiger partial charge on any atom is -0.450 e. The second-order valence-corrected chi connectivity index (χ2v) is 7.29. The fourth-order valence-electron chi connectivity index (χ4n) is 3.42. The first-order valence-corrected chi connectivity index (χ1v) is 10.0. The normalized spacial score (nSPS) is 10.9. The number of esters is 1. The highest BCUT2D eigenvalue weighted by Crippen LogP contribution is 2.19. The second-order valence-electron chi connectivity index (χ2n) is 7.29. The maximum absolute atomic E-state index is 12.2. The zero-order valence-corrected chi connectivity index (χ0v) is 17.4. The van der Waals surface area contributed by atoms with E-state index in [9.17, 15) is 9.59 Å². The van der Waals surface area contributed by atoms with Crippen LogP contribution >= 0.6 is 0 Å². The predicted octanol–water partition coefficient (Wildman–Crippen LogP) is 3.77. The number of carbonyl (C=O) groups excluding carboxylic acids is 2. The molecular formula is C24H23N3O4. The lowest BCUT2D eigenvalue weighted by Gasteiger charge is -2.08. The molecule has 0 radical (unpaired) electrons. The third kappa shape index (κ3) is 4.66. The Morgan fingerprint density at radius 3 is 2.58 bits per heavy atom. The lowest BCUT2D eigenvalue weighted by Crippen LogP contribution is -2.28. The van der Waals surface area contributed by atoms with Crippen LogP contribution in [0.25, 0.3) is 11.0 Å². The van der Waals surface area contributed by atoms with E-state index < -0.39 is 5.97 Å². The monoisotopic (exact) mass is 417 g/mol. The Kier molecular flexibility index (Phi) is 5.84. The van der Waals surface area contributed by atoms with Gasteiger partial charge in [0.05, 0.1) is 12.2 Å². The number of aryl methyl sites for hydroxylation is 1. The maximum atomic E-state index is 12.2. The van der Waals surface area contributed by atoms with E-state index in [4.69, 9.17) is 9.15 Å². The van der Waals surface area contributed by atoms with Gasteiger partial charge in [0.25, 0.3) is 5.91 Å². The number of rotatable bonds is 7. The van der Waals surface area contributed by atoms with Crippen molar-refractivity contribution in [2.45, 2.75) is 26.9 Å². The first-order chi connectivity index (χ1) is 15.0. The summed E-state index contributed by atoms with van der Waals surface area (Å²) in [5.74, 6) is -0.990. The molecule has 7 heteroatoms. The quantitative estimate of drug-likeness (QED) is 0.463. The molecule has 0 atom stereocenters. The summed E-state index contributed by atoms with van der Waals surface area (Å²) in [7, 11) is 0. The Hall–Kier alpha value is -3.87. The molecule has 0 saturated heterocycles. The van der Waals surface area contributed by atoms with Crippen molar-refractivity contribution in [2.75, 3.05) is 6.61 Å². The Balaban J connectivity index is 1.32. The van der Waals surface area contributed by atoms with Crippen LogP contribution in [-0.4, -0.2) is 28.3 Å². The van der Waals surface area contributed by atoms with Crippen LogP contribution in [0.3, 0.4) is 0 Å². The smallest absolute Gasteiger partial charge is 0.374 e. The van der Waals surface area contributed by atoms with E-state index in [1.165, 1.54) is 0 Å². The number of hydrogen-bond acceptors (Lipinski definition) is 5. The number of nitrogens with zero attached hydrogens (tertiary/aromatic N) is 2. The lowest BCUT2D eigenvalue weighted by molar-refractivity contribution is -0.124. The number of benzene rings is 2. The molecule has 1 amide bonds. The predicted molar refractivity (Wildman–Crippen MR) is 116 cm³/mol. The molecule has 0 fully saturated rings. The zero-order chi connectivity index (χ0) is 21.8. The number of carbonyl (C=O) groups is 2. The number of fused-ring (bicyclic) bond motifs is 1. The summed E-state index contributed by atoms with van der Waals surface area (Å²) in [4.78, 5) is 24.4. The van der Waals surface area contributed by atoms with Crippen LogP contribution in [0.2, 0.25) is 0 Å². The number of furan rings is 1. The SMILES string of the molecule is Cc1nn(Cc2ccccc2)c(C)c1CNC(=O)COC(=O)c1cc2ccccc2o1. The fraction of sp³-hybridized carbons (Fsp3) is 0.208. The van der Waals surface area contributed by atoms with Gasteiger partial charge in [-0.25, -0.2) is 4.79 Å². The highest BCUT2D eigenvalue weighted by Gasteiger charge is 2.16. The Morgan fingerprint density at radius 2 is 1.81 bits per heavy atom. The topological polar surface area (TPSA) is 86.4 Å². The van der Waals surface area contributed by atoms with E-state index in [2.05, 4.69) is 10.4 Å². The van der Waals surface area contributed by atoms with Crippen molar-refractivity contribution < 1.29 is 18.7 Å². The first kappa shape index (κ1) is 20.4. The van der Waals surface area contributed by atoms with E-state index in [0.29, 0.717) is 18.7 Å². The summed E-state index contributed by atoms with van der Waals surface area (Å²) in [6.07, 6.45) is 0. The second kappa shape index (κ2) is 8.87. The molecule has 0 bridgehead atoms. The molecule has 0 saturated carbocycles. The number of ether oxygens (including phenoxy) is 1. The van der Waals surface area contributed by atoms with Gasteiger partial charge in [0.1, 0.15) is 5.58 Å². The van der Waals surface area contributed by atoms with Gasteiger partial charge >= 0.3 is 5.97 Å². The summed E-state index contributed by atoms with van der Waals surface area (Å²) < 4.78 is 12.5. The van der Waals surface area contributed by atoms with Gasteiger partial charge in [0, 0.05) is 23.2 Å². The van der Waals surface area contributed by atoms with Crippen LogP contribution in [-0.2, 0) is 22.6 Å². The molecule has 0 aliphatic heterocycles. The van der Waals surface area contributed by atoms with Gasteiger partial charge in [-0.3, -0.25) is 9.48 Å². The van der Waals surface area contributed by atoms with Crippen molar-refractivity contribution in [1.82, 2.24) is 15.1 Å². The van der Waals surface area contributed by atoms with E-state index >= 15 is 0 Å². The third-order valence-corrected chi connectivity index (χ3v) is 5.13. The fourth-order valence-corrected chi connectivity index (χ4v) is 3.42. The van der Waals surface area contributed by atoms with Crippen molar-refractivity contribution >= 4 is 22.8 Å². The summed E-state index contributed by atoms with van der Waals surface area (Å²) in [6.45, 7) is 4.49. The number of amides is 1. The minimum absolute atomic E-state index is 0.0721. The van der Waals surface area contributed by atoms with Gasteiger partial charge in [-0.15, -0.1) is 0 Å². The van der Waals surface area contributed by atoms with Crippen LogP contribution in [0.1, 0.15) is 33.1 Å². The van der Waals surface area contributed by atoms with Crippen LogP contribution in [0.4, 0.5) is 0 Å². The van der Waals surface area contributed by atoms with E-state index in [1.807, 2.05) is 67.1 Å². The number of aromatic nitrogens is 2. The molecule has 31 heavy (non-hydrogen) atoms. The number of nitrogens with one attached hydrogen (secondary N) is 1. The Morgan fingerprint density at radius 1 is 1.06 bits per heavy atom. The Labute approximate surface area is 179 Å². The number of para-hydroxylation sites is 1. The van der Waals surface area contributed by atoms with Crippen LogP contribution in [0.15, 0.2) is 65.1 Å². The lowest BCUT2D eigenvalue weighted by atomic mass is 10.2.